The number of nitrogens with one attached hydrogen (secondary N) is 1. The normalized spacial score (nSPS) is 25.4. The molecule has 1 atom stereocenters. The summed E-state index contributed by atoms with van der Waals surface area (Å²) in [7, 11) is 0. The van der Waals surface area contributed by atoms with E-state index in [9.17, 15) is 0 Å². The van der Waals surface area contributed by atoms with Crippen LogP contribution in [0.2, 0.25) is 10.0 Å². The molecule has 1 aromatic rings. The Hall–Kier alpha value is -0.440. The molecule has 2 rings (SSSR count). The first-order valence-corrected chi connectivity index (χ1v) is 6.19. The molecule has 1 N–H and O–H groups in total. The van der Waals surface area contributed by atoms with Gasteiger partial charge in [-0.15, -0.1) is 0 Å². The molecule has 1 heterocycles. The highest BCUT2D eigenvalue weighted by molar-refractivity contribution is 6.34. The number of benzene rings is 1. The molecule has 0 amide bonds. The molecule has 1 aliphatic heterocycles. The van der Waals surface area contributed by atoms with Gasteiger partial charge in [0.05, 0.1) is 5.02 Å². The van der Waals surface area contributed by atoms with Crippen molar-refractivity contribution in [2.24, 2.45) is 0 Å². The molecule has 0 saturated carbocycles. The van der Waals surface area contributed by atoms with E-state index in [0.29, 0.717) is 15.8 Å². The van der Waals surface area contributed by atoms with Gasteiger partial charge in [0.2, 0.25) is 0 Å². The van der Waals surface area contributed by atoms with E-state index < -0.39 is 0 Å². The van der Waals surface area contributed by atoms with Crippen LogP contribution in [0.25, 0.3) is 0 Å². The second kappa shape index (κ2) is 4.82. The summed E-state index contributed by atoms with van der Waals surface area (Å²) in [4.78, 5) is 0. The standard InChI is InChI=1S/C12H15Cl2NO/c1-12(5-2-6-15-8-12)16-11-7-9(13)3-4-10(11)14/h3-4,7,15H,2,5-6,8H2,1H3. The molecule has 4 heteroatoms. The number of piperidine rings is 1. The van der Waals surface area contributed by atoms with Gasteiger partial charge >= 0.3 is 0 Å². The molecule has 1 aliphatic rings. The van der Waals surface area contributed by atoms with Gasteiger partial charge in [0, 0.05) is 17.6 Å². The van der Waals surface area contributed by atoms with Crippen molar-refractivity contribution in [2.45, 2.75) is 25.4 Å². The van der Waals surface area contributed by atoms with Crippen LogP contribution in [0.1, 0.15) is 19.8 Å². The minimum atomic E-state index is -0.188. The Bertz CT molecular complexity index is 375. The monoisotopic (exact) mass is 259 g/mol. The fraction of sp³-hybridized carbons (Fsp3) is 0.500. The first-order valence-electron chi connectivity index (χ1n) is 5.44. The van der Waals surface area contributed by atoms with Gasteiger partial charge in [-0.1, -0.05) is 23.2 Å². The summed E-state index contributed by atoms with van der Waals surface area (Å²) < 4.78 is 5.98. The fourth-order valence-electron chi connectivity index (χ4n) is 1.94. The lowest BCUT2D eigenvalue weighted by Crippen LogP contribution is -2.47. The van der Waals surface area contributed by atoms with Gasteiger partial charge in [0.15, 0.2) is 0 Å². The molecule has 1 aromatic carbocycles. The van der Waals surface area contributed by atoms with Crippen LogP contribution in [0.4, 0.5) is 0 Å². The topological polar surface area (TPSA) is 21.3 Å². The highest BCUT2D eigenvalue weighted by Gasteiger charge is 2.29. The summed E-state index contributed by atoms with van der Waals surface area (Å²) in [6.45, 7) is 3.99. The van der Waals surface area contributed by atoms with Crippen LogP contribution in [0.15, 0.2) is 18.2 Å². The van der Waals surface area contributed by atoms with Crippen molar-refractivity contribution in [3.8, 4) is 5.75 Å². The highest BCUT2D eigenvalue weighted by atomic mass is 35.5. The molecule has 1 fully saturated rings. The van der Waals surface area contributed by atoms with Crippen LogP contribution in [-0.2, 0) is 0 Å². The molecule has 1 saturated heterocycles. The zero-order valence-corrected chi connectivity index (χ0v) is 10.7. The molecule has 0 radical (unpaired) electrons. The van der Waals surface area contributed by atoms with Crippen molar-refractivity contribution in [2.75, 3.05) is 13.1 Å². The van der Waals surface area contributed by atoms with Gasteiger partial charge in [-0.05, 0) is 38.4 Å². The summed E-state index contributed by atoms with van der Waals surface area (Å²) >= 11 is 12.0. The van der Waals surface area contributed by atoms with Crippen LogP contribution in [0, 0.1) is 0 Å². The first-order chi connectivity index (χ1) is 7.59. The van der Waals surface area contributed by atoms with Crippen molar-refractivity contribution >= 4 is 23.2 Å². The van der Waals surface area contributed by atoms with E-state index >= 15 is 0 Å². The lowest BCUT2D eigenvalue weighted by molar-refractivity contribution is 0.0616. The Balaban J connectivity index is 2.15. The van der Waals surface area contributed by atoms with Gasteiger partial charge < -0.3 is 10.1 Å². The zero-order chi connectivity index (χ0) is 11.6. The highest BCUT2D eigenvalue weighted by Crippen LogP contribution is 2.32. The molecule has 2 nitrogen and oxygen atoms in total. The first kappa shape index (κ1) is 12.0. The van der Waals surface area contributed by atoms with E-state index in [1.165, 1.54) is 0 Å². The largest absolute Gasteiger partial charge is 0.485 e. The Morgan fingerprint density at radius 3 is 2.88 bits per heavy atom. The number of rotatable bonds is 2. The number of halogens is 2. The lowest BCUT2D eigenvalue weighted by Gasteiger charge is -2.35. The molecule has 0 bridgehead atoms. The summed E-state index contributed by atoms with van der Waals surface area (Å²) in [6.07, 6.45) is 2.15. The summed E-state index contributed by atoms with van der Waals surface area (Å²) in [5.41, 5.74) is -0.188. The van der Waals surface area contributed by atoms with Gasteiger partial charge in [-0.3, -0.25) is 0 Å². The van der Waals surface area contributed by atoms with Crippen molar-refractivity contribution in [1.82, 2.24) is 5.32 Å². The SMILES string of the molecule is CC1(Oc2cc(Cl)ccc2Cl)CCCNC1. The smallest absolute Gasteiger partial charge is 0.140 e. The summed E-state index contributed by atoms with van der Waals surface area (Å²) in [6, 6.07) is 5.29. The Kier molecular flexibility index (Phi) is 3.63. The Morgan fingerprint density at radius 2 is 2.19 bits per heavy atom. The molecule has 16 heavy (non-hydrogen) atoms. The third-order valence-corrected chi connectivity index (χ3v) is 3.36. The minimum Gasteiger partial charge on any atom is -0.485 e. The van der Waals surface area contributed by atoms with Gasteiger partial charge in [0.1, 0.15) is 11.4 Å². The molecule has 0 spiro atoms. The predicted octanol–water partition coefficient (Wildman–Crippen LogP) is 3.51. The van der Waals surface area contributed by atoms with Gasteiger partial charge in [0.25, 0.3) is 0 Å². The maximum atomic E-state index is 6.07. The number of ether oxygens (including phenoxy) is 1. The van der Waals surface area contributed by atoms with Crippen LogP contribution < -0.4 is 10.1 Å². The van der Waals surface area contributed by atoms with E-state index in [4.69, 9.17) is 27.9 Å². The van der Waals surface area contributed by atoms with E-state index in [-0.39, 0.29) is 5.60 Å². The maximum absolute atomic E-state index is 6.07. The average molecular weight is 260 g/mol. The lowest BCUT2D eigenvalue weighted by atomic mass is 9.96. The van der Waals surface area contributed by atoms with Crippen molar-refractivity contribution in [3.05, 3.63) is 28.2 Å². The minimum absolute atomic E-state index is 0.188. The van der Waals surface area contributed by atoms with Crippen molar-refractivity contribution in [1.29, 1.82) is 0 Å². The van der Waals surface area contributed by atoms with E-state index in [1.807, 2.05) is 0 Å². The number of hydrogen-bond acceptors (Lipinski definition) is 2. The number of hydrogen-bond donors (Lipinski definition) is 1. The molecule has 0 aliphatic carbocycles. The third-order valence-electron chi connectivity index (χ3n) is 2.81. The van der Waals surface area contributed by atoms with Crippen molar-refractivity contribution in [3.63, 3.8) is 0 Å². The average Bonchev–Trinajstić information content (AvgIpc) is 2.24. The predicted molar refractivity (Wildman–Crippen MR) is 67.6 cm³/mol. The molecule has 88 valence electrons. The quantitative estimate of drug-likeness (QED) is 0.878. The second-order valence-electron chi connectivity index (χ2n) is 4.41. The van der Waals surface area contributed by atoms with E-state index in [1.54, 1.807) is 18.2 Å². The van der Waals surface area contributed by atoms with Gasteiger partial charge in [-0.2, -0.15) is 0 Å². The van der Waals surface area contributed by atoms with Crippen LogP contribution in [0.3, 0.4) is 0 Å². The molecular formula is C12H15Cl2NO. The van der Waals surface area contributed by atoms with Crippen molar-refractivity contribution < 1.29 is 4.74 Å². The second-order valence-corrected chi connectivity index (χ2v) is 5.25. The van der Waals surface area contributed by atoms with Gasteiger partial charge in [-0.25, -0.2) is 0 Å². The van der Waals surface area contributed by atoms with Crippen LogP contribution >= 0.6 is 23.2 Å². The third kappa shape index (κ3) is 2.82. The van der Waals surface area contributed by atoms with Crippen LogP contribution in [0.5, 0.6) is 5.75 Å². The van der Waals surface area contributed by atoms with E-state index in [2.05, 4.69) is 12.2 Å². The summed E-state index contributed by atoms with van der Waals surface area (Å²) in [5.74, 6) is 0.667. The molecule has 0 aromatic heterocycles. The Labute approximate surface area is 106 Å². The zero-order valence-electron chi connectivity index (χ0n) is 9.22. The summed E-state index contributed by atoms with van der Waals surface area (Å²) in [5, 5.41) is 4.58. The Morgan fingerprint density at radius 1 is 1.38 bits per heavy atom. The van der Waals surface area contributed by atoms with Crippen LogP contribution in [-0.4, -0.2) is 18.7 Å². The maximum Gasteiger partial charge on any atom is 0.140 e. The molecular weight excluding hydrogens is 245 g/mol. The van der Waals surface area contributed by atoms with E-state index in [0.717, 1.165) is 25.9 Å². The fourth-order valence-corrected chi connectivity index (χ4v) is 2.25. The molecule has 1 unspecified atom stereocenters.